The molecule has 9 heteroatoms. The van der Waals surface area contributed by atoms with E-state index in [1.54, 1.807) is 17.5 Å². The molecule has 0 atom stereocenters. The molecule has 1 aliphatic rings. The highest BCUT2D eigenvalue weighted by Gasteiger charge is 2.23. The van der Waals surface area contributed by atoms with E-state index < -0.39 is 11.6 Å². The second-order valence-electron chi connectivity index (χ2n) is 6.72. The Kier molecular flexibility index (Phi) is 5.84. The SMILES string of the molecule is O=C(CCCOc1ccc(F)cc1F)N1CCN(c2nc3cccnc3s2)CC1. The molecule has 1 amide bonds. The van der Waals surface area contributed by atoms with Crippen molar-refractivity contribution in [2.45, 2.75) is 12.8 Å². The number of hydrogen-bond donors (Lipinski definition) is 0. The monoisotopic (exact) mass is 418 g/mol. The maximum absolute atomic E-state index is 13.5. The van der Waals surface area contributed by atoms with Crippen molar-refractivity contribution in [3.8, 4) is 5.75 Å². The first-order valence-electron chi connectivity index (χ1n) is 9.42. The lowest BCUT2D eigenvalue weighted by Gasteiger charge is -2.34. The Balaban J connectivity index is 1.21. The minimum Gasteiger partial charge on any atom is -0.491 e. The third-order valence-electron chi connectivity index (χ3n) is 4.74. The first-order valence-corrected chi connectivity index (χ1v) is 10.2. The molecule has 6 nitrogen and oxygen atoms in total. The lowest BCUT2D eigenvalue weighted by molar-refractivity contribution is -0.131. The van der Waals surface area contributed by atoms with Crippen LogP contribution in [0.1, 0.15) is 12.8 Å². The van der Waals surface area contributed by atoms with Gasteiger partial charge in [-0.25, -0.2) is 18.7 Å². The fourth-order valence-electron chi connectivity index (χ4n) is 3.20. The van der Waals surface area contributed by atoms with E-state index in [1.807, 2.05) is 17.0 Å². The molecule has 0 aliphatic carbocycles. The molecule has 29 heavy (non-hydrogen) atoms. The number of fused-ring (bicyclic) bond motifs is 1. The predicted molar refractivity (Wildman–Crippen MR) is 107 cm³/mol. The Bertz CT molecular complexity index is 972. The summed E-state index contributed by atoms with van der Waals surface area (Å²) < 4.78 is 31.7. The van der Waals surface area contributed by atoms with Crippen molar-refractivity contribution in [1.82, 2.24) is 14.9 Å². The molecule has 152 valence electrons. The van der Waals surface area contributed by atoms with Crippen molar-refractivity contribution in [2.75, 3.05) is 37.7 Å². The van der Waals surface area contributed by atoms with E-state index in [4.69, 9.17) is 4.74 Å². The number of nitrogens with zero attached hydrogens (tertiary/aromatic N) is 4. The zero-order valence-electron chi connectivity index (χ0n) is 15.7. The largest absolute Gasteiger partial charge is 0.491 e. The highest BCUT2D eigenvalue weighted by Crippen LogP contribution is 2.27. The van der Waals surface area contributed by atoms with Gasteiger partial charge >= 0.3 is 0 Å². The average molecular weight is 418 g/mol. The number of aromatic nitrogens is 2. The molecule has 0 spiro atoms. The Hall–Kier alpha value is -2.81. The maximum atomic E-state index is 13.5. The Morgan fingerprint density at radius 2 is 2.00 bits per heavy atom. The van der Waals surface area contributed by atoms with Crippen LogP contribution in [-0.2, 0) is 4.79 Å². The van der Waals surface area contributed by atoms with Crippen molar-refractivity contribution in [3.63, 3.8) is 0 Å². The van der Waals surface area contributed by atoms with E-state index >= 15 is 0 Å². The molecule has 3 aromatic rings. The molecule has 0 radical (unpaired) electrons. The van der Waals surface area contributed by atoms with Crippen molar-refractivity contribution in [1.29, 1.82) is 0 Å². The summed E-state index contributed by atoms with van der Waals surface area (Å²) >= 11 is 1.56. The topological polar surface area (TPSA) is 58.6 Å². The minimum absolute atomic E-state index is 0.00205. The summed E-state index contributed by atoms with van der Waals surface area (Å²) in [5.74, 6) is -1.33. The third kappa shape index (κ3) is 4.61. The number of hydrogen-bond acceptors (Lipinski definition) is 6. The van der Waals surface area contributed by atoms with Crippen LogP contribution in [0.25, 0.3) is 10.3 Å². The lowest BCUT2D eigenvalue weighted by Crippen LogP contribution is -2.48. The van der Waals surface area contributed by atoms with Crippen LogP contribution in [0.3, 0.4) is 0 Å². The number of halogens is 2. The lowest BCUT2D eigenvalue weighted by atomic mass is 10.2. The van der Waals surface area contributed by atoms with Crippen molar-refractivity contribution in [3.05, 3.63) is 48.2 Å². The van der Waals surface area contributed by atoms with Gasteiger partial charge < -0.3 is 14.5 Å². The summed E-state index contributed by atoms with van der Waals surface area (Å²) in [5, 5.41) is 0.931. The van der Waals surface area contributed by atoms with E-state index in [9.17, 15) is 13.6 Å². The second kappa shape index (κ2) is 8.69. The number of anilines is 1. The number of ether oxygens (including phenoxy) is 1. The van der Waals surface area contributed by atoms with Crippen LogP contribution in [0.5, 0.6) is 5.75 Å². The number of carbonyl (C=O) groups excluding carboxylic acids is 1. The smallest absolute Gasteiger partial charge is 0.222 e. The maximum Gasteiger partial charge on any atom is 0.222 e. The molecule has 1 fully saturated rings. The number of rotatable bonds is 6. The van der Waals surface area contributed by atoms with Crippen LogP contribution in [0.15, 0.2) is 36.5 Å². The highest BCUT2D eigenvalue weighted by atomic mass is 32.1. The van der Waals surface area contributed by atoms with Gasteiger partial charge in [0, 0.05) is 44.9 Å². The number of amides is 1. The number of thiazole rings is 1. The number of piperazine rings is 1. The number of pyridine rings is 1. The van der Waals surface area contributed by atoms with E-state index in [1.165, 1.54) is 6.07 Å². The first kappa shape index (κ1) is 19.5. The normalized spacial score (nSPS) is 14.4. The molecule has 0 unspecified atom stereocenters. The molecule has 0 saturated carbocycles. The van der Waals surface area contributed by atoms with E-state index in [0.717, 1.165) is 40.7 Å². The second-order valence-corrected chi connectivity index (χ2v) is 7.67. The fraction of sp³-hybridized carbons (Fsp3) is 0.350. The van der Waals surface area contributed by atoms with Gasteiger partial charge in [-0.2, -0.15) is 0 Å². The fourth-order valence-corrected chi connectivity index (χ4v) is 4.16. The van der Waals surface area contributed by atoms with Gasteiger partial charge in [0.05, 0.1) is 6.61 Å². The van der Waals surface area contributed by atoms with E-state index in [0.29, 0.717) is 25.9 Å². The minimum atomic E-state index is -0.738. The van der Waals surface area contributed by atoms with Gasteiger partial charge in [-0.05, 0) is 30.7 Å². The third-order valence-corrected chi connectivity index (χ3v) is 5.78. The summed E-state index contributed by atoms with van der Waals surface area (Å²) in [6.07, 6.45) is 2.56. The van der Waals surface area contributed by atoms with Crippen molar-refractivity contribution < 1.29 is 18.3 Å². The number of carbonyl (C=O) groups is 1. The highest BCUT2D eigenvalue weighted by molar-refractivity contribution is 7.21. The van der Waals surface area contributed by atoms with Gasteiger partial charge in [0.15, 0.2) is 16.7 Å². The first-order chi connectivity index (χ1) is 14.1. The average Bonchev–Trinajstić information content (AvgIpc) is 3.17. The Labute approximate surface area is 170 Å². The van der Waals surface area contributed by atoms with Gasteiger partial charge in [0.25, 0.3) is 0 Å². The molecule has 4 rings (SSSR count). The summed E-state index contributed by atoms with van der Waals surface area (Å²) in [6.45, 7) is 2.92. The van der Waals surface area contributed by atoms with Gasteiger partial charge in [-0.15, -0.1) is 0 Å². The molecule has 2 aromatic heterocycles. The standard InChI is InChI=1S/C20H20F2N4O2S/c21-14-5-6-17(15(22)13-14)28-12-2-4-18(27)25-8-10-26(11-9-25)20-24-16-3-1-7-23-19(16)29-20/h1,3,5-7,13H,2,4,8-12H2. The van der Waals surface area contributed by atoms with Crippen LogP contribution in [0, 0.1) is 11.6 Å². The van der Waals surface area contributed by atoms with Crippen molar-refractivity contribution >= 4 is 32.7 Å². The summed E-state index contributed by atoms with van der Waals surface area (Å²) in [6, 6.07) is 6.99. The summed E-state index contributed by atoms with van der Waals surface area (Å²) in [5.41, 5.74) is 0.892. The van der Waals surface area contributed by atoms with Gasteiger partial charge in [-0.1, -0.05) is 11.3 Å². The van der Waals surface area contributed by atoms with Crippen LogP contribution < -0.4 is 9.64 Å². The van der Waals surface area contributed by atoms with Gasteiger partial charge in [-0.3, -0.25) is 4.79 Å². The molecule has 1 saturated heterocycles. The zero-order chi connectivity index (χ0) is 20.2. The molecular formula is C20H20F2N4O2S. The molecule has 1 aromatic carbocycles. The Morgan fingerprint density at radius 3 is 2.76 bits per heavy atom. The molecular weight excluding hydrogens is 398 g/mol. The summed E-state index contributed by atoms with van der Waals surface area (Å²) in [7, 11) is 0. The quantitative estimate of drug-likeness (QED) is 0.574. The number of benzene rings is 1. The van der Waals surface area contributed by atoms with Crippen LogP contribution in [0.4, 0.5) is 13.9 Å². The predicted octanol–water partition coefficient (Wildman–Crippen LogP) is 3.48. The zero-order valence-corrected chi connectivity index (χ0v) is 16.5. The molecule has 3 heterocycles. The van der Waals surface area contributed by atoms with E-state index in [2.05, 4.69) is 14.9 Å². The summed E-state index contributed by atoms with van der Waals surface area (Å²) in [4.78, 5) is 26.3. The van der Waals surface area contributed by atoms with Crippen LogP contribution in [-0.4, -0.2) is 53.6 Å². The van der Waals surface area contributed by atoms with Gasteiger partial charge in [0.2, 0.25) is 5.91 Å². The molecule has 0 N–H and O–H groups in total. The van der Waals surface area contributed by atoms with Crippen LogP contribution in [0.2, 0.25) is 0 Å². The van der Waals surface area contributed by atoms with E-state index in [-0.39, 0.29) is 18.3 Å². The Morgan fingerprint density at radius 1 is 1.17 bits per heavy atom. The molecule has 1 aliphatic heterocycles. The molecule has 0 bridgehead atoms. The van der Waals surface area contributed by atoms with Gasteiger partial charge in [0.1, 0.15) is 16.2 Å². The van der Waals surface area contributed by atoms with Crippen molar-refractivity contribution in [2.24, 2.45) is 0 Å². The van der Waals surface area contributed by atoms with Crippen LogP contribution >= 0.6 is 11.3 Å².